The van der Waals surface area contributed by atoms with E-state index in [1.807, 2.05) is 18.5 Å². The number of aromatic nitrogens is 2. The maximum Gasteiger partial charge on any atom is 0.306 e. The van der Waals surface area contributed by atoms with Crippen molar-refractivity contribution in [3.63, 3.8) is 0 Å². The van der Waals surface area contributed by atoms with Gasteiger partial charge in [-0.25, -0.2) is 0 Å². The standard InChI is InChI=1S/C11H17BrN2O2/c1-4-14-9(10(12)8(3)13-14)6-5-7(2)11(15)16/h7H,4-6H2,1-3H3,(H,15,16). The summed E-state index contributed by atoms with van der Waals surface area (Å²) in [6.45, 7) is 6.52. The molecule has 1 heterocycles. The molecule has 1 aromatic heterocycles. The third kappa shape index (κ3) is 2.84. The second-order valence-corrected chi connectivity index (χ2v) is 4.73. The van der Waals surface area contributed by atoms with Crippen molar-refractivity contribution in [2.45, 2.75) is 40.2 Å². The lowest BCUT2D eigenvalue weighted by Crippen LogP contribution is -2.12. The summed E-state index contributed by atoms with van der Waals surface area (Å²) in [5.41, 5.74) is 2.05. The monoisotopic (exact) mass is 288 g/mol. The number of aliphatic carboxylic acids is 1. The van der Waals surface area contributed by atoms with Gasteiger partial charge in [-0.2, -0.15) is 5.10 Å². The van der Waals surface area contributed by atoms with Crippen molar-refractivity contribution >= 4 is 21.9 Å². The normalized spacial score (nSPS) is 12.8. The number of hydrogen-bond donors (Lipinski definition) is 1. The Morgan fingerprint density at radius 2 is 2.25 bits per heavy atom. The fourth-order valence-corrected chi connectivity index (χ4v) is 2.07. The summed E-state index contributed by atoms with van der Waals surface area (Å²) < 4.78 is 2.93. The highest BCUT2D eigenvalue weighted by atomic mass is 79.9. The van der Waals surface area contributed by atoms with Gasteiger partial charge in [0.1, 0.15) is 0 Å². The molecule has 1 aromatic rings. The minimum absolute atomic E-state index is 0.313. The van der Waals surface area contributed by atoms with E-state index in [-0.39, 0.29) is 5.92 Å². The number of nitrogens with zero attached hydrogens (tertiary/aromatic N) is 2. The lowest BCUT2D eigenvalue weighted by Gasteiger charge is -2.08. The molecule has 0 spiro atoms. The molecule has 0 bridgehead atoms. The summed E-state index contributed by atoms with van der Waals surface area (Å²) in [6, 6.07) is 0. The van der Waals surface area contributed by atoms with Crippen molar-refractivity contribution in [1.29, 1.82) is 0 Å². The van der Waals surface area contributed by atoms with Crippen LogP contribution in [0.3, 0.4) is 0 Å². The zero-order chi connectivity index (χ0) is 12.3. The first-order chi connectivity index (χ1) is 7.47. The summed E-state index contributed by atoms with van der Waals surface area (Å²) >= 11 is 3.50. The molecule has 16 heavy (non-hydrogen) atoms. The fourth-order valence-electron chi connectivity index (χ4n) is 1.58. The highest BCUT2D eigenvalue weighted by Crippen LogP contribution is 2.23. The molecule has 0 saturated heterocycles. The predicted molar refractivity (Wildman–Crippen MR) is 65.5 cm³/mol. The van der Waals surface area contributed by atoms with Gasteiger partial charge in [-0.05, 0) is 42.6 Å². The van der Waals surface area contributed by atoms with Gasteiger partial charge in [0.05, 0.1) is 21.8 Å². The lowest BCUT2D eigenvalue weighted by molar-refractivity contribution is -0.141. The van der Waals surface area contributed by atoms with Crippen LogP contribution in [0.15, 0.2) is 4.47 Å². The van der Waals surface area contributed by atoms with E-state index in [2.05, 4.69) is 21.0 Å². The Labute approximate surface area is 104 Å². The van der Waals surface area contributed by atoms with Crippen LogP contribution in [-0.4, -0.2) is 20.9 Å². The lowest BCUT2D eigenvalue weighted by atomic mass is 10.0. The molecule has 1 atom stereocenters. The van der Waals surface area contributed by atoms with E-state index in [1.165, 1.54) is 0 Å². The van der Waals surface area contributed by atoms with E-state index in [0.717, 1.165) is 28.8 Å². The van der Waals surface area contributed by atoms with Crippen LogP contribution in [0.25, 0.3) is 0 Å². The zero-order valence-corrected chi connectivity index (χ0v) is 11.4. The summed E-state index contributed by atoms with van der Waals surface area (Å²) in [5.74, 6) is -1.05. The first-order valence-corrected chi connectivity index (χ1v) is 6.21. The van der Waals surface area contributed by atoms with E-state index in [4.69, 9.17) is 5.11 Å². The molecule has 0 aliphatic heterocycles. The molecule has 1 N–H and O–H groups in total. The predicted octanol–water partition coefficient (Wildman–Crippen LogP) is 2.63. The van der Waals surface area contributed by atoms with Gasteiger partial charge in [-0.1, -0.05) is 6.92 Å². The van der Waals surface area contributed by atoms with Crippen molar-refractivity contribution in [1.82, 2.24) is 9.78 Å². The zero-order valence-electron chi connectivity index (χ0n) is 9.83. The quantitative estimate of drug-likeness (QED) is 0.906. The summed E-state index contributed by atoms with van der Waals surface area (Å²) in [6.07, 6.45) is 1.38. The number of carboxylic acid groups (broad SMARTS) is 1. The number of carbonyl (C=O) groups is 1. The SMILES string of the molecule is CCn1nc(C)c(Br)c1CCC(C)C(=O)O. The van der Waals surface area contributed by atoms with E-state index in [0.29, 0.717) is 6.42 Å². The van der Waals surface area contributed by atoms with Crippen LogP contribution in [0.4, 0.5) is 0 Å². The average molecular weight is 289 g/mol. The van der Waals surface area contributed by atoms with E-state index >= 15 is 0 Å². The number of aryl methyl sites for hydroxylation is 2. The Morgan fingerprint density at radius 1 is 1.62 bits per heavy atom. The van der Waals surface area contributed by atoms with Crippen LogP contribution < -0.4 is 0 Å². The molecule has 0 aliphatic carbocycles. The molecular weight excluding hydrogens is 272 g/mol. The van der Waals surface area contributed by atoms with Gasteiger partial charge in [0.2, 0.25) is 0 Å². The van der Waals surface area contributed by atoms with Crippen LogP contribution in [-0.2, 0) is 17.8 Å². The van der Waals surface area contributed by atoms with Gasteiger partial charge >= 0.3 is 5.97 Å². The molecule has 5 heteroatoms. The Balaban J connectivity index is 2.76. The maximum atomic E-state index is 10.7. The van der Waals surface area contributed by atoms with Gasteiger partial charge in [0.15, 0.2) is 0 Å². The van der Waals surface area contributed by atoms with Crippen molar-refractivity contribution in [3.8, 4) is 0 Å². The van der Waals surface area contributed by atoms with Crippen molar-refractivity contribution in [2.75, 3.05) is 0 Å². The molecule has 0 radical (unpaired) electrons. The topological polar surface area (TPSA) is 55.1 Å². The Kier molecular flexibility index (Phi) is 4.53. The molecule has 0 fully saturated rings. The minimum Gasteiger partial charge on any atom is -0.481 e. The largest absolute Gasteiger partial charge is 0.481 e. The van der Waals surface area contributed by atoms with Gasteiger partial charge in [0, 0.05) is 6.54 Å². The smallest absolute Gasteiger partial charge is 0.306 e. The third-order valence-electron chi connectivity index (χ3n) is 2.69. The van der Waals surface area contributed by atoms with Gasteiger partial charge in [-0.3, -0.25) is 9.48 Å². The Bertz CT molecular complexity index is 388. The summed E-state index contributed by atoms with van der Waals surface area (Å²) in [7, 11) is 0. The number of rotatable bonds is 5. The van der Waals surface area contributed by atoms with Crippen molar-refractivity contribution in [2.24, 2.45) is 5.92 Å². The average Bonchev–Trinajstić information content (AvgIpc) is 2.51. The van der Waals surface area contributed by atoms with Gasteiger partial charge in [0.25, 0.3) is 0 Å². The highest BCUT2D eigenvalue weighted by molar-refractivity contribution is 9.10. The van der Waals surface area contributed by atoms with Crippen molar-refractivity contribution in [3.05, 3.63) is 15.9 Å². The second kappa shape index (κ2) is 5.48. The molecule has 1 rings (SSSR count). The third-order valence-corrected chi connectivity index (χ3v) is 3.72. The van der Waals surface area contributed by atoms with Gasteiger partial charge in [-0.15, -0.1) is 0 Å². The minimum atomic E-state index is -0.740. The van der Waals surface area contributed by atoms with Crippen LogP contribution in [0.5, 0.6) is 0 Å². The number of hydrogen-bond acceptors (Lipinski definition) is 2. The van der Waals surface area contributed by atoms with Crippen LogP contribution in [0, 0.1) is 12.8 Å². The molecule has 0 aromatic carbocycles. The number of carboxylic acids is 1. The van der Waals surface area contributed by atoms with E-state index < -0.39 is 5.97 Å². The highest BCUT2D eigenvalue weighted by Gasteiger charge is 2.16. The molecule has 0 aliphatic rings. The van der Waals surface area contributed by atoms with Crippen molar-refractivity contribution < 1.29 is 9.90 Å². The molecule has 1 unspecified atom stereocenters. The summed E-state index contributed by atoms with van der Waals surface area (Å²) in [4.78, 5) is 10.7. The number of halogens is 1. The first-order valence-electron chi connectivity index (χ1n) is 5.42. The summed E-state index contributed by atoms with van der Waals surface area (Å²) in [5, 5.41) is 13.2. The van der Waals surface area contributed by atoms with Crippen LogP contribution >= 0.6 is 15.9 Å². The molecule has 0 saturated carbocycles. The first kappa shape index (κ1) is 13.2. The molecular formula is C11H17BrN2O2. The molecule has 4 nitrogen and oxygen atoms in total. The maximum absolute atomic E-state index is 10.7. The molecule has 0 amide bonds. The fraction of sp³-hybridized carbons (Fsp3) is 0.636. The Morgan fingerprint density at radius 3 is 2.75 bits per heavy atom. The molecule has 90 valence electrons. The van der Waals surface area contributed by atoms with Gasteiger partial charge < -0.3 is 5.11 Å². The van der Waals surface area contributed by atoms with Crippen LogP contribution in [0.2, 0.25) is 0 Å². The van der Waals surface area contributed by atoms with Crippen LogP contribution in [0.1, 0.15) is 31.7 Å². The van der Waals surface area contributed by atoms with E-state index in [1.54, 1.807) is 6.92 Å². The Hall–Kier alpha value is -0.840. The van der Waals surface area contributed by atoms with E-state index in [9.17, 15) is 4.79 Å². The second-order valence-electron chi connectivity index (χ2n) is 3.94.